The lowest BCUT2D eigenvalue weighted by Crippen LogP contribution is -2.36. The first-order valence-corrected chi connectivity index (χ1v) is 15.0. The van der Waals surface area contributed by atoms with Crippen molar-refractivity contribution in [1.29, 1.82) is 0 Å². The van der Waals surface area contributed by atoms with Crippen LogP contribution >= 0.6 is 34.9 Å². The Morgan fingerprint density at radius 2 is 1.36 bits per heavy atom. The third-order valence-electron chi connectivity index (χ3n) is 5.80. The van der Waals surface area contributed by atoms with Gasteiger partial charge in [-0.15, -0.1) is 23.5 Å². The molecule has 1 fully saturated rings. The van der Waals surface area contributed by atoms with Crippen LogP contribution < -0.4 is 4.57 Å². The minimum atomic E-state index is 0.825. The molecule has 28 heavy (non-hydrogen) atoms. The Labute approximate surface area is 187 Å². The summed E-state index contributed by atoms with van der Waals surface area (Å²) in [5, 5.41) is 3.01. The Kier molecular flexibility index (Phi) is 15.0. The van der Waals surface area contributed by atoms with Crippen molar-refractivity contribution in [3.63, 3.8) is 0 Å². The first-order chi connectivity index (χ1) is 13.9. The normalized spacial score (nSPS) is 19.5. The Morgan fingerprint density at radius 1 is 0.786 bits per heavy atom. The average Bonchev–Trinajstić information content (AvgIpc) is 3.37. The summed E-state index contributed by atoms with van der Waals surface area (Å²) in [7, 11) is 0. The predicted octanol–water partition coefficient (Wildman–Crippen LogP) is 8.47. The largest absolute Gasteiger partial charge is 0.224 e. The topological polar surface area (TPSA) is 3.88 Å². The quantitative estimate of drug-likeness (QED) is 0.166. The van der Waals surface area contributed by atoms with Gasteiger partial charge in [-0.1, -0.05) is 115 Å². The van der Waals surface area contributed by atoms with Crippen LogP contribution in [0.2, 0.25) is 0 Å². The van der Waals surface area contributed by atoms with E-state index in [1.165, 1.54) is 115 Å². The van der Waals surface area contributed by atoms with E-state index in [1.54, 1.807) is 11.3 Å². The number of rotatable bonds is 18. The van der Waals surface area contributed by atoms with Crippen molar-refractivity contribution in [3.8, 4) is 0 Å². The number of hydrogen-bond donors (Lipinski definition) is 0. The monoisotopic (exact) mass is 442 g/mol. The van der Waals surface area contributed by atoms with Crippen molar-refractivity contribution in [2.24, 2.45) is 0 Å². The van der Waals surface area contributed by atoms with Crippen LogP contribution in [0.3, 0.4) is 0 Å². The molecule has 1 aliphatic heterocycles. The maximum absolute atomic E-state index is 2.36. The molecule has 0 aromatic carbocycles. The van der Waals surface area contributed by atoms with Gasteiger partial charge in [0.05, 0.1) is 15.2 Å². The predicted molar refractivity (Wildman–Crippen MR) is 132 cm³/mol. The molecule has 1 aromatic rings. The molecule has 0 saturated carbocycles. The summed E-state index contributed by atoms with van der Waals surface area (Å²) in [4.78, 5) is 0. The van der Waals surface area contributed by atoms with Crippen LogP contribution in [0.4, 0.5) is 0 Å². The van der Waals surface area contributed by atoms with Gasteiger partial charge >= 0.3 is 0 Å². The maximum atomic E-state index is 2.36. The van der Waals surface area contributed by atoms with Crippen LogP contribution in [0.25, 0.3) is 0 Å². The van der Waals surface area contributed by atoms with Gasteiger partial charge in [0, 0.05) is 5.75 Å². The minimum absolute atomic E-state index is 0.825. The molecule has 1 aliphatic rings. The number of thiazole rings is 1. The molecule has 1 nitrogen and oxygen atoms in total. The molecule has 2 heterocycles. The zero-order valence-electron chi connectivity index (χ0n) is 18.3. The number of nitrogens with zero attached hydrogens (tertiary/aromatic N) is 1. The second-order valence-corrected chi connectivity index (χ2v) is 12.3. The van der Waals surface area contributed by atoms with E-state index in [0.717, 1.165) is 9.83 Å². The second-order valence-electron chi connectivity index (χ2n) is 8.48. The molecule has 0 N–H and O–H groups in total. The summed E-state index contributed by atoms with van der Waals surface area (Å²) in [6, 6.07) is 0. The van der Waals surface area contributed by atoms with Gasteiger partial charge in [-0.25, -0.2) is 0 Å². The fourth-order valence-corrected chi connectivity index (χ4v) is 8.08. The molecule has 0 aliphatic carbocycles. The summed E-state index contributed by atoms with van der Waals surface area (Å²) in [5.74, 6) is 1.34. The minimum Gasteiger partial charge on any atom is -0.194 e. The van der Waals surface area contributed by atoms with Crippen LogP contribution in [-0.2, 0) is 6.54 Å². The van der Waals surface area contributed by atoms with E-state index in [0.29, 0.717) is 0 Å². The summed E-state index contributed by atoms with van der Waals surface area (Å²) < 4.78 is 3.23. The van der Waals surface area contributed by atoms with Crippen molar-refractivity contribution in [2.75, 3.05) is 5.75 Å². The summed E-state index contributed by atoms with van der Waals surface area (Å²) in [6.45, 7) is 3.51. The fourth-order valence-electron chi connectivity index (χ4n) is 4.04. The lowest BCUT2D eigenvalue weighted by molar-refractivity contribution is -0.690. The third-order valence-corrected chi connectivity index (χ3v) is 9.86. The fraction of sp³-hybridized carbons (Fsp3) is 0.875. The summed E-state index contributed by atoms with van der Waals surface area (Å²) in [5.41, 5.74) is 2.24. The number of hydrogen-bond acceptors (Lipinski definition) is 3. The van der Waals surface area contributed by atoms with Crippen molar-refractivity contribution in [2.45, 2.75) is 126 Å². The zero-order valence-corrected chi connectivity index (χ0v) is 20.7. The van der Waals surface area contributed by atoms with E-state index < -0.39 is 0 Å². The first-order valence-electron chi connectivity index (χ1n) is 12.1. The van der Waals surface area contributed by atoms with Gasteiger partial charge in [-0.2, -0.15) is 4.57 Å². The second kappa shape index (κ2) is 17.1. The molecular weight excluding hydrogens is 398 g/mol. The van der Waals surface area contributed by atoms with Gasteiger partial charge in [0.15, 0.2) is 12.7 Å². The summed E-state index contributed by atoms with van der Waals surface area (Å²) in [6.07, 6.45) is 25.6. The lowest BCUT2D eigenvalue weighted by Gasteiger charge is -2.08. The van der Waals surface area contributed by atoms with Crippen LogP contribution in [0, 0.1) is 0 Å². The first kappa shape index (κ1) is 24.6. The molecule has 2 rings (SSSR count). The third kappa shape index (κ3) is 12.1. The van der Waals surface area contributed by atoms with Crippen molar-refractivity contribution in [1.82, 2.24) is 0 Å². The average molecular weight is 443 g/mol. The molecular formula is C24H44NS3+. The van der Waals surface area contributed by atoms with E-state index in [-0.39, 0.29) is 0 Å². The van der Waals surface area contributed by atoms with Crippen LogP contribution in [-0.4, -0.2) is 15.6 Å². The van der Waals surface area contributed by atoms with Gasteiger partial charge < -0.3 is 0 Å². The number of unbranched alkanes of at least 4 members (excludes halogenated alkanes) is 14. The van der Waals surface area contributed by atoms with E-state index in [9.17, 15) is 0 Å². The zero-order chi connectivity index (χ0) is 19.7. The molecule has 2 unspecified atom stereocenters. The Balaban J connectivity index is 1.29. The highest BCUT2D eigenvalue weighted by atomic mass is 32.2. The molecule has 4 heteroatoms. The highest BCUT2D eigenvalue weighted by Crippen LogP contribution is 2.40. The van der Waals surface area contributed by atoms with Gasteiger partial charge in [0.25, 0.3) is 0 Å². The maximum Gasteiger partial charge on any atom is 0.224 e. The number of aromatic nitrogens is 1. The van der Waals surface area contributed by atoms with Crippen LogP contribution in [0.1, 0.15) is 110 Å². The molecule has 0 radical (unpaired) electrons. The Morgan fingerprint density at radius 3 is 1.89 bits per heavy atom. The molecule has 162 valence electrons. The van der Waals surface area contributed by atoms with Crippen molar-refractivity contribution < 1.29 is 4.57 Å². The van der Waals surface area contributed by atoms with E-state index in [1.807, 2.05) is 0 Å². The van der Waals surface area contributed by atoms with E-state index in [2.05, 4.69) is 52.1 Å². The Hall–Kier alpha value is 0.330. The molecule has 0 bridgehead atoms. The molecule has 1 aromatic heterocycles. The molecule has 0 amide bonds. The van der Waals surface area contributed by atoms with Gasteiger partial charge in [-0.3, -0.25) is 0 Å². The highest BCUT2D eigenvalue weighted by Gasteiger charge is 2.28. The molecule has 2 atom stereocenters. The Bertz CT molecular complexity index is 449. The standard InChI is InChI=1S/C24H44NS3/c1-2-3-4-5-6-7-8-9-10-11-12-13-14-15-16-17-24-27-21-23(28-24)20-25-18-19-26-22-25/h18-19,22-24H,2-17,20-21H2,1H3/q+1. The highest BCUT2D eigenvalue weighted by molar-refractivity contribution is 8.20. The van der Waals surface area contributed by atoms with E-state index in [4.69, 9.17) is 0 Å². The summed E-state index contributed by atoms with van der Waals surface area (Å²) >= 11 is 6.26. The van der Waals surface area contributed by atoms with Gasteiger partial charge in [0.2, 0.25) is 5.51 Å². The lowest BCUT2D eigenvalue weighted by atomic mass is 10.0. The van der Waals surface area contributed by atoms with Gasteiger partial charge in [0.1, 0.15) is 0 Å². The van der Waals surface area contributed by atoms with E-state index >= 15 is 0 Å². The van der Waals surface area contributed by atoms with Crippen LogP contribution in [0.5, 0.6) is 0 Å². The molecule has 1 saturated heterocycles. The SMILES string of the molecule is CCCCCCCCCCCCCCCCCC1SCC(C[n+]2ccsc2)S1. The smallest absolute Gasteiger partial charge is 0.194 e. The van der Waals surface area contributed by atoms with Crippen molar-refractivity contribution in [3.05, 3.63) is 17.1 Å². The van der Waals surface area contributed by atoms with Gasteiger partial charge in [-0.05, 0) is 6.42 Å². The van der Waals surface area contributed by atoms with Crippen molar-refractivity contribution >= 4 is 34.9 Å². The number of thioether (sulfide) groups is 2. The van der Waals surface area contributed by atoms with Crippen LogP contribution in [0.15, 0.2) is 17.1 Å². The molecule has 0 spiro atoms.